The van der Waals surface area contributed by atoms with Crippen LogP contribution in [0.2, 0.25) is 0 Å². The SMILES string of the molecule is CCCC(=O)Nc1cccc(Nc2ncnc(N3CCC(OCc4ccccc4)CC3)n2)c1. The number of anilines is 4. The Morgan fingerprint density at radius 1 is 1.06 bits per heavy atom. The molecular formula is C25H30N6O2. The van der Waals surface area contributed by atoms with Crippen molar-refractivity contribution in [2.75, 3.05) is 28.6 Å². The van der Waals surface area contributed by atoms with Gasteiger partial charge in [-0.15, -0.1) is 0 Å². The van der Waals surface area contributed by atoms with Gasteiger partial charge >= 0.3 is 0 Å². The Morgan fingerprint density at radius 2 is 1.85 bits per heavy atom. The molecule has 2 N–H and O–H groups in total. The molecule has 0 saturated carbocycles. The second-order valence-electron chi connectivity index (χ2n) is 8.10. The lowest BCUT2D eigenvalue weighted by molar-refractivity contribution is -0.116. The third-order valence-electron chi connectivity index (χ3n) is 5.49. The highest BCUT2D eigenvalue weighted by molar-refractivity contribution is 5.91. The summed E-state index contributed by atoms with van der Waals surface area (Å²) in [6.45, 7) is 4.29. The van der Waals surface area contributed by atoms with E-state index in [9.17, 15) is 4.79 Å². The molecule has 8 nitrogen and oxygen atoms in total. The number of hydrogen-bond acceptors (Lipinski definition) is 7. The van der Waals surface area contributed by atoms with Gasteiger partial charge in [-0.2, -0.15) is 4.98 Å². The average Bonchev–Trinajstić information content (AvgIpc) is 2.84. The molecule has 3 aromatic rings. The fourth-order valence-electron chi connectivity index (χ4n) is 3.77. The summed E-state index contributed by atoms with van der Waals surface area (Å²) in [6.07, 6.45) is 4.94. The van der Waals surface area contributed by atoms with Crippen LogP contribution in [-0.2, 0) is 16.1 Å². The third-order valence-corrected chi connectivity index (χ3v) is 5.49. The first-order chi connectivity index (χ1) is 16.2. The van der Waals surface area contributed by atoms with E-state index in [1.54, 1.807) is 0 Å². The number of nitrogens with one attached hydrogen (secondary N) is 2. The Morgan fingerprint density at radius 3 is 2.64 bits per heavy atom. The molecule has 0 bridgehead atoms. The summed E-state index contributed by atoms with van der Waals surface area (Å²) >= 11 is 0. The molecule has 0 spiro atoms. The number of carbonyl (C=O) groups excluding carboxylic acids is 1. The maximum Gasteiger partial charge on any atom is 0.231 e. The molecule has 8 heteroatoms. The quantitative estimate of drug-likeness (QED) is 0.498. The van der Waals surface area contributed by atoms with Crippen molar-refractivity contribution in [3.05, 3.63) is 66.5 Å². The zero-order valence-electron chi connectivity index (χ0n) is 18.9. The molecule has 1 fully saturated rings. The maximum absolute atomic E-state index is 11.9. The van der Waals surface area contributed by atoms with E-state index in [1.165, 1.54) is 11.9 Å². The van der Waals surface area contributed by atoms with Crippen LogP contribution in [0.15, 0.2) is 60.9 Å². The summed E-state index contributed by atoms with van der Waals surface area (Å²) in [5.74, 6) is 1.13. The Bertz CT molecular complexity index is 1040. The summed E-state index contributed by atoms with van der Waals surface area (Å²) in [5.41, 5.74) is 2.74. The molecule has 172 valence electrons. The zero-order valence-corrected chi connectivity index (χ0v) is 18.9. The number of rotatable bonds is 9. The standard InChI is InChI=1S/C25H30N6O2/c1-2-7-23(32)28-20-10-6-11-21(16-20)29-24-26-18-27-25(30-24)31-14-12-22(13-15-31)33-17-19-8-4-3-5-9-19/h3-6,8-11,16,18,22H,2,7,12-15,17H2,1H3,(H,28,32)(H,26,27,29,30). The average molecular weight is 447 g/mol. The number of benzene rings is 2. The summed E-state index contributed by atoms with van der Waals surface area (Å²) in [5, 5.41) is 6.12. The normalized spacial score (nSPS) is 14.2. The van der Waals surface area contributed by atoms with Crippen LogP contribution in [-0.4, -0.2) is 40.1 Å². The van der Waals surface area contributed by atoms with Crippen molar-refractivity contribution in [2.24, 2.45) is 0 Å². The van der Waals surface area contributed by atoms with Crippen molar-refractivity contribution in [1.82, 2.24) is 15.0 Å². The molecule has 1 aliphatic rings. The first-order valence-electron chi connectivity index (χ1n) is 11.5. The molecule has 1 aromatic heterocycles. The molecule has 4 rings (SSSR count). The molecule has 1 saturated heterocycles. The second kappa shape index (κ2) is 11.4. The van der Waals surface area contributed by atoms with Crippen LogP contribution >= 0.6 is 0 Å². The number of nitrogens with zero attached hydrogens (tertiary/aromatic N) is 4. The Kier molecular flexibility index (Phi) is 7.81. The van der Waals surface area contributed by atoms with Crippen LogP contribution in [0.4, 0.5) is 23.3 Å². The zero-order chi connectivity index (χ0) is 22.9. The minimum Gasteiger partial charge on any atom is -0.373 e. The van der Waals surface area contributed by atoms with E-state index in [0.29, 0.717) is 24.9 Å². The molecule has 2 heterocycles. The van der Waals surface area contributed by atoms with Crippen molar-refractivity contribution < 1.29 is 9.53 Å². The summed E-state index contributed by atoms with van der Waals surface area (Å²) in [7, 11) is 0. The van der Waals surface area contributed by atoms with Crippen LogP contribution in [0.25, 0.3) is 0 Å². The predicted octanol–water partition coefficient (Wildman–Crippen LogP) is 4.54. The van der Waals surface area contributed by atoms with E-state index in [2.05, 4.69) is 42.6 Å². The van der Waals surface area contributed by atoms with Crippen LogP contribution in [0.5, 0.6) is 0 Å². The van der Waals surface area contributed by atoms with Gasteiger partial charge in [0.1, 0.15) is 6.33 Å². The molecule has 33 heavy (non-hydrogen) atoms. The highest BCUT2D eigenvalue weighted by Crippen LogP contribution is 2.22. The first-order valence-corrected chi connectivity index (χ1v) is 11.5. The summed E-state index contributed by atoms with van der Waals surface area (Å²) < 4.78 is 6.09. The lowest BCUT2D eigenvalue weighted by Gasteiger charge is -2.31. The van der Waals surface area contributed by atoms with E-state index in [4.69, 9.17) is 4.74 Å². The van der Waals surface area contributed by atoms with E-state index in [0.717, 1.165) is 43.7 Å². The van der Waals surface area contributed by atoms with Crippen molar-refractivity contribution in [1.29, 1.82) is 0 Å². The monoisotopic (exact) mass is 446 g/mol. The van der Waals surface area contributed by atoms with E-state index in [-0.39, 0.29) is 12.0 Å². The number of ether oxygens (including phenoxy) is 1. The fraction of sp³-hybridized carbons (Fsp3) is 0.360. The Labute approximate surface area is 194 Å². The van der Waals surface area contributed by atoms with Gasteiger partial charge in [0.2, 0.25) is 17.8 Å². The topological polar surface area (TPSA) is 92.3 Å². The molecular weight excluding hydrogens is 416 g/mol. The molecule has 1 amide bonds. The van der Waals surface area contributed by atoms with E-state index < -0.39 is 0 Å². The minimum absolute atomic E-state index is 0.00764. The van der Waals surface area contributed by atoms with Gasteiger partial charge in [0.15, 0.2) is 0 Å². The van der Waals surface area contributed by atoms with Gasteiger partial charge in [-0.3, -0.25) is 4.79 Å². The first kappa shape index (κ1) is 22.7. The van der Waals surface area contributed by atoms with Crippen molar-refractivity contribution in [3.63, 3.8) is 0 Å². The maximum atomic E-state index is 11.9. The molecule has 1 aliphatic heterocycles. The highest BCUT2D eigenvalue weighted by atomic mass is 16.5. The molecule has 0 aliphatic carbocycles. The van der Waals surface area contributed by atoms with Crippen LogP contribution in [0, 0.1) is 0 Å². The van der Waals surface area contributed by atoms with Gasteiger partial charge in [0.05, 0.1) is 12.7 Å². The van der Waals surface area contributed by atoms with Gasteiger partial charge in [0, 0.05) is 30.9 Å². The number of carbonyl (C=O) groups is 1. The van der Waals surface area contributed by atoms with Gasteiger partial charge in [-0.1, -0.05) is 43.3 Å². The van der Waals surface area contributed by atoms with Crippen LogP contribution < -0.4 is 15.5 Å². The van der Waals surface area contributed by atoms with Crippen LogP contribution in [0.3, 0.4) is 0 Å². The number of amides is 1. The molecule has 0 unspecified atom stereocenters. The number of aromatic nitrogens is 3. The Hall–Kier alpha value is -3.52. The van der Waals surface area contributed by atoms with Crippen molar-refractivity contribution >= 4 is 29.2 Å². The van der Waals surface area contributed by atoms with Gasteiger partial charge < -0.3 is 20.3 Å². The summed E-state index contributed by atoms with van der Waals surface area (Å²) in [4.78, 5) is 27.2. The van der Waals surface area contributed by atoms with Gasteiger partial charge in [0.25, 0.3) is 0 Å². The lowest BCUT2D eigenvalue weighted by atomic mass is 10.1. The molecule has 2 aromatic carbocycles. The van der Waals surface area contributed by atoms with Gasteiger partial charge in [-0.25, -0.2) is 9.97 Å². The fourth-order valence-corrected chi connectivity index (χ4v) is 3.77. The summed E-state index contributed by atoms with van der Waals surface area (Å²) in [6, 6.07) is 17.8. The molecule has 0 atom stereocenters. The van der Waals surface area contributed by atoms with E-state index in [1.807, 2.05) is 49.4 Å². The van der Waals surface area contributed by atoms with E-state index >= 15 is 0 Å². The lowest BCUT2D eigenvalue weighted by Crippen LogP contribution is -2.38. The van der Waals surface area contributed by atoms with Crippen LogP contribution in [0.1, 0.15) is 38.2 Å². The van der Waals surface area contributed by atoms with Gasteiger partial charge in [-0.05, 0) is 43.0 Å². The number of hydrogen-bond donors (Lipinski definition) is 2. The number of piperidine rings is 1. The Balaban J connectivity index is 1.31. The largest absolute Gasteiger partial charge is 0.373 e. The smallest absolute Gasteiger partial charge is 0.231 e. The van der Waals surface area contributed by atoms with Crippen molar-refractivity contribution in [2.45, 2.75) is 45.3 Å². The minimum atomic E-state index is 0.00764. The highest BCUT2D eigenvalue weighted by Gasteiger charge is 2.22. The third kappa shape index (κ3) is 6.73. The second-order valence-corrected chi connectivity index (χ2v) is 8.10. The van der Waals surface area contributed by atoms with Crippen molar-refractivity contribution in [3.8, 4) is 0 Å². The molecule has 0 radical (unpaired) electrons. The predicted molar refractivity (Wildman–Crippen MR) is 130 cm³/mol.